The largest absolute Gasteiger partial charge is 0.416 e. The first kappa shape index (κ1) is 33.2. The molecule has 1 aliphatic heterocycles. The maximum Gasteiger partial charge on any atom is 0.416 e. The van der Waals surface area contributed by atoms with Gasteiger partial charge in [0.05, 0.1) is 35.7 Å². The molecule has 3 aromatic rings. The number of aryl methyl sites for hydroxylation is 1. The van der Waals surface area contributed by atoms with Crippen molar-refractivity contribution < 1.29 is 31.5 Å². The summed E-state index contributed by atoms with van der Waals surface area (Å²) >= 11 is 0. The van der Waals surface area contributed by atoms with Crippen molar-refractivity contribution in [3.63, 3.8) is 0 Å². The SMILES string of the molecule is CCCc1cc(C(=O)N[C@@H](Cc2ccccc2)[C@H](O)CNCc2cccc(C(F)(F)F)c2)cc(N2CC=CCCS2(=O)=O)c1. The van der Waals surface area contributed by atoms with E-state index in [2.05, 4.69) is 10.6 Å². The highest BCUT2D eigenvalue weighted by molar-refractivity contribution is 7.92. The number of halogens is 3. The van der Waals surface area contributed by atoms with Gasteiger partial charge in [-0.15, -0.1) is 0 Å². The molecule has 3 N–H and O–H groups in total. The molecule has 7 nitrogen and oxygen atoms in total. The summed E-state index contributed by atoms with van der Waals surface area (Å²) in [6.07, 6.45) is 0.250. The van der Waals surface area contributed by atoms with E-state index in [9.17, 15) is 31.5 Å². The molecule has 2 atom stereocenters. The van der Waals surface area contributed by atoms with Gasteiger partial charge in [-0.2, -0.15) is 13.2 Å². The predicted octanol–water partition coefficient (Wildman–Crippen LogP) is 5.25. The van der Waals surface area contributed by atoms with Gasteiger partial charge in [0.1, 0.15) is 0 Å². The summed E-state index contributed by atoms with van der Waals surface area (Å²) in [7, 11) is -3.58. The number of nitrogens with one attached hydrogen (secondary N) is 2. The van der Waals surface area contributed by atoms with E-state index in [0.717, 1.165) is 29.7 Å². The first-order valence-electron chi connectivity index (χ1n) is 14.7. The van der Waals surface area contributed by atoms with Crippen molar-refractivity contribution in [1.29, 1.82) is 0 Å². The number of aliphatic hydroxyl groups excluding tert-OH is 1. The minimum Gasteiger partial charge on any atom is -0.390 e. The lowest BCUT2D eigenvalue weighted by molar-refractivity contribution is -0.137. The van der Waals surface area contributed by atoms with E-state index in [1.807, 2.05) is 43.3 Å². The number of hydrogen-bond acceptors (Lipinski definition) is 5. The van der Waals surface area contributed by atoms with E-state index >= 15 is 0 Å². The average Bonchev–Trinajstić information content (AvgIpc) is 3.17. The summed E-state index contributed by atoms with van der Waals surface area (Å²) in [6, 6.07) is 18.6. The smallest absolute Gasteiger partial charge is 0.390 e. The molecule has 11 heteroatoms. The van der Waals surface area contributed by atoms with Crippen LogP contribution in [0.5, 0.6) is 0 Å². The molecule has 4 rings (SSSR count). The molecule has 236 valence electrons. The minimum absolute atomic E-state index is 0.00745. The molecule has 0 saturated heterocycles. The number of alkyl halides is 3. The van der Waals surface area contributed by atoms with Crippen LogP contribution in [0.4, 0.5) is 18.9 Å². The van der Waals surface area contributed by atoms with E-state index in [1.54, 1.807) is 30.3 Å². The highest BCUT2D eigenvalue weighted by Crippen LogP contribution is 2.29. The number of hydrogen-bond donors (Lipinski definition) is 3. The molecule has 0 spiro atoms. The third-order valence-electron chi connectivity index (χ3n) is 7.40. The summed E-state index contributed by atoms with van der Waals surface area (Å²) in [5, 5.41) is 17.1. The standard InChI is InChI=1S/C33H38F3N3O4S/c1-2-10-25-17-27(21-29(19-25)39-15-7-4-8-16-44(39,42)43)32(41)38-30(20-24-11-5-3-6-12-24)31(40)23-37-22-26-13-9-14-28(18-26)33(34,35)36/h3-7,9,11-14,17-19,21,30-31,37,40H,2,8,10,15-16,20,22-23H2,1H3,(H,38,41)/t30-,31+/m0/s1. The van der Waals surface area contributed by atoms with Crippen LogP contribution in [0.3, 0.4) is 0 Å². The van der Waals surface area contributed by atoms with Gasteiger partial charge in [0.2, 0.25) is 10.0 Å². The van der Waals surface area contributed by atoms with Crippen LogP contribution >= 0.6 is 0 Å². The fourth-order valence-electron chi connectivity index (χ4n) is 5.14. The lowest BCUT2D eigenvalue weighted by Crippen LogP contribution is -2.48. The van der Waals surface area contributed by atoms with Crippen LogP contribution in [-0.4, -0.2) is 50.4 Å². The Labute approximate surface area is 256 Å². The van der Waals surface area contributed by atoms with Crippen molar-refractivity contribution in [1.82, 2.24) is 10.6 Å². The number of nitrogens with zero attached hydrogens (tertiary/aromatic N) is 1. The number of sulfonamides is 1. The monoisotopic (exact) mass is 629 g/mol. The quantitative estimate of drug-likeness (QED) is 0.238. The average molecular weight is 630 g/mol. The van der Waals surface area contributed by atoms with Gasteiger partial charge in [-0.3, -0.25) is 9.10 Å². The van der Waals surface area contributed by atoms with Crippen LogP contribution < -0.4 is 14.9 Å². The Morgan fingerprint density at radius 1 is 0.977 bits per heavy atom. The Balaban J connectivity index is 1.54. The third-order valence-corrected chi connectivity index (χ3v) is 9.18. The zero-order chi connectivity index (χ0) is 31.7. The summed E-state index contributed by atoms with van der Waals surface area (Å²) in [5.74, 6) is -0.494. The topological polar surface area (TPSA) is 98.7 Å². The Morgan fingerprint density at radius 2 is 1.73 bits per heavy atom. The van der Waals surface area contributed by atoms with Gasteiger partial charge in [0.25, 0.3) is 5.91 Å². The molecule has 1 aliphatic rings. The second-order valence-corrected chi connectivity index (χ2v) is 12.9. The van der Waals surface area contributed by atoms with Crippen molar-refractivity contribution in [2.75, 3.05) is 23.1 Å². The van der Waals surface area contributed by atoms with Crippen LogP contribution in [0.25, 0.3) is 0 Å². The van der Waals surface area contributed by atoms with Crippen LogP contribution in [0.1, 0.15) is 52.4 Å². The van der Waals surface area contributed by atoms with E-state index < -0.39 is 39.8 Å². The van der Waals surface area contributed by atoms with Gasteiger partial charge in [0.15, 0.2) is 0 Å². The highest BCUT2D eigenvalue weighted by atomic mass is 32.2. The molecular formula is C33H38F3N3O4S. The number of amides is 1. The molecule has 0 aromatic heterocycles. The van der Waals surface area contributed by atoms with Gasteiger partial charge in [-0.25, -0.2) is 8.42 Å². The third kappa shape index (κ3) is 9.17. The van der Waals surface area contributed by atoms with E-state index in [4.69, 9.17) is 0 Å². The number of carbonyl (C=O) groups is 1. The lowest BCUT2D eigenvalue weighted by atomic mass is 9.99. The molecule has 0 unspecified atom stereocenters. The molecule has 0 aliphatic carbocycles. The normalized spacial score (nSPS) is 16.2. The maximum absolute atomic E-state index is 13.7. The first-order valence-corrected chi connectivity index (χ1v) is 16.3. The Morgan fingerprint density at radius 3 is 2.45 bits per heavy atom. The fraction of sp³-hybridized carbons (Fsp3) is 0.364. The Hall–Kier alpha value is -3.67. The maximum atomic E-state index is 13.7. The van der Waals surface area contributed by atoms with Crippen molar-refractivity contribution in [2.24, 2.45) is 0 Å². The number of aliphatic hydroxyl groups is 1. The van der Waals surface area contributed by atoms with Gasteiger partial charge in [0, 0.05) is 18.7 Å². The molecular weight excluding hydrogens is 591 g/mol. The van der Waals surface area contributed by atoms with Crippen molar-refractivity contribution in [2.45, 2.75) is 57.5 Å². The van der Waals surface area contributed by atoms with Crippen molar-refractivity contribution in [3.8, 4) is 0 Å². The molecule has 0 saturated carbocycles. The second-order valence-electron chi connectivity index (χ2n) is 10.9. The molecule has 0 fully saturated rings. The summed E-state index contributed by atoms with van der Waals surface area (Å²) in [5.41, 5.74) is 2.04. The van der Waals surface area contributed by atoms with E-state index in [1.165, 1.54) is 10.4 Å². The van der Waals surface area contributed by atoms with Crippen molar-refractivity contribution >= 4 is 21.6 Å². The van der Waals surface area contributed by atoms with Gasteiger partial charge >= 0.3 is 6.18 Å². The van der Waals surface area contributed by atoms with E-state index in [-0.39, 0.29) is 31.0 Å². The Kier molecular flexibility index (Phi) is 11.2. The van der Waals surface area contributed by atoms with Gasteiger partial charge < -0.3 is 15.7 Å². The number of allylic oxidation sites excluding steroid dienone is 1. The molecule has 1 amide bonds. The summed E-state index contributed by atoms with van der Waals surface area (Å²) in [4.78, 5) is 13.7. The number of rotatable bonds is 12. The number of anilines is 1. The molecule has 44 heavy (non-hydrogen) atoms. The number of carbonyl (C=O) groups excluding carboxylic acids is 1. The highest BCUT2D eigenvalue weighted by Gasteiger charge is 2.30. The molecule has 3 aromatic carbocycles. The summed E-state index contributed by atoms with van der Waals surface area (Å²) in [6.45, 7) is 2.27. The second kappa shape index (κ2) is 14.9. The van der Waals surface area contributed by atoms with E-state index in [0.29, 0.717) is 30.5 Å². The van der Waals surface area contributed by atoms with Crippen LogP contribution in [0.15, 0.2) is 84.9 Å². The molecule has 0 bridgehead atoms. The zero-order valence-corrected chi connectivity index (χ0v) is 25.4. The van der Waals surface area contributed by atoms with Crippen molar-refractivity contribution in [3.05, 3.63) is 113 Å². The molecule has 0 radical (unpaired) electrons. The van der Waals surface area contributed by atoms with Gasteiger partial charge in [-0.1, -0.05) is 74.0 Å². The van der Waals surface area contributed by atoms with Gasteiger partial charge in [-0.05, 0) is 60.2 Å². The van der Waals surface area contributed by atoms with Crippen LogP contribution in [0, 0.1) is 0 Å². The van der Waals surface area contributed by atoms with Crippen LogP contribution in [0.2, 0.25) is 0 Å². The fourth-order valence-corrected chi connectivity index (χ4v) is 6.54. The summed E-state index contributed by atoms with van der Waals surface area (Å²) < 4.78 is 66.6. The number of benzene rings is 3. The lowest BCUT2D eigenvalue weighted by Gasteiger charge is -2.26. The molecule has 1 heterocycles. The predicted molar refractivity (Wildman–Crippen MR) is 166 cm³/mol. The Bertz CT molecular complexity index is 1550. The first-order chi connectivity index (χ1) is 21.0. The van der Waals surface area contributed by atoms with Crippen LogP contribution in [-0.2, 0) is 35.6 Å². The zero-order valence-electron chi connectivity index (χ0n) is 24.6. The minimum atomic E-state index is -4.46.